The van der Waals surface area contributed by atoms with E-state index >= 15 is 0 Å². The van der Waals surface area contributed by atoms with E-state index in [1.165, 1.54) is 11.4 Å². The number of fused-ring (bicyclic) bond motifs is 1. The molecule has 0 radical (unpaired) electrons. The highest BCUT2D eigenvalue weighted by molar-refractivity contribution is 7.93. The molecule has 0 unspecified atom stereocenters. The number of para-hydroxylation sites is 1. The average molecular weight is 372 g/mol. The molecule has 0 saturated carbocycles. The van der Waals surface area contributed by atoms with Crippen molar-refractivity contribution in [2.24, 2.45) is 0 Å². The SMILES string of the molecule is COc1ccc(N2CCCC2=O)cc1S(=O)(=O)N1CCc2ccccc21. The molecule has 0 atom stereocenters. The molecule has 136 valence electrons. The lowest BCUT2D eigenvalue weighted by Crippen LogP contribution is -2.30. The summed E-state index contributed by atoms with van der Waals surface area (Å²) in [6.45, 7) is 1.01. The minimum atomic E-state index is -3.79. The normalized spacial score (nSPS) is 16.9. The van der Waals surface area contributed by atoms with Gasteiger partial charge in [0.25, 0.3) is 10.0 Å². The van der Waals surface area contributed by atoms with Gasteiger partial charge in [-0.15, -0.1) is 0 Å². The number of sulfonamides is 1. The molecule has 6 nitrogen and oxygen atoms in total. The second-order valence-corrected chi connectivity index (χ2v) is 8.27. The molecule has 1 amide bonds. The Hall–Kier alpha value is -2.54. The van der Waals surface area contributed by atoms with Crippen molar-refractivity contribution < 1.29 is 17.9 Å². The van der Waals surface area contributed by atoms with Gasteiger partial charge in [-0.3, -0.25) is 9.10 Å². The zero-order chi connectivity index (χ0) is 18.3. The van der Waals surface area contributed by atoms with Crippen LogP contribution in [-0.2, 0) is 21.2 Å². The minimum Gasteiger partial charge on any atom is -0.495 e. The molecule has 0 aliphatic carbocycles. The van der Waals surface area contributed by atoms with Crippen molar-refractivity contribution in [1.29, 1.82) is 0 Å². The van der Waals surface area contributed by atoms with Gasteiger partial charge in [-0.2, -0.15) is 0 Å². The van der Waals surface area contributed by atoms with E-state index in [1.807, 2.05) is 24.3 Å². The molecule has 0 aromatic heterocycles. The Morgan fingerprint density at radius 2 is 1.85 bits per heavy atom. The molecule has 7 heteroatoms. The molecule has 0 bridgehead atoms. The fourth-order valence-corrected chi connectivity index (χ4v) is 5.31. The lowest BCUT2D eigenvalue weighted by Gasteiger charge is -2.23. The van der Waals surface area contributed by atoms with E-state index in [2.05, 4.69) is 0 Å². The number of hydrogen-bond donors (Lipinski definition) is 0. The quantitative estimate of drug-likeness (QED) is 0.827. The van der Waals surface area contributed by atoms with Gasteiger partial charge in [-0.25, -0.2) is 8.42 Å². The second-order valence-electron chi connectivity index (χ2n) is 6.44. The molecule has 0 N–H and O–H groups in total. The topological polar surface area (TPSA) is 66.9 Å². The van der Waals surface area contributed by atoms with Crippen LogP contribution in [0.2, 0.25) is 0 Å². The molecular weight excluding hydrogens is 352 g/mol. The smallest absolute Gasteiger partial charge is 0.268 e. The number of nitrogens with zero attached hydrogens (tertiary/aromatic N) is 2. The summed E-state index contributed by atoms with van der Waals surface area (Å²) in [5.41, 5.74) is 2.32. The third-order valence-corrected chi connectivity index (χ3v) is 6.78. The fourth-order valence-electron chi connectivity index (χ4n) is 3.63. The first kappa shape index (κ1) is 16.9. The zero-order valence-corrected chi connectivity index (χ0v) is 15.3. The molecule has 2 aliphatic heterocycles. The summed E-state index contributed by atoms with van der Waals surface area (Å²) in [4.78, 5) is 13.8. The molecule has 0 spiro atoms. The van der Waals surface area contributed by atoms with Crippen molar-refractivity contribution in [2.75, 3.05) is 29.4 Å². The van der Waals surface area contributed by atoms with Gasteiger partial charge < -0.3 is 9.64 Å². The molecule has 1 saturated heterocycles. The number of benzene rings is 2. The predicted molar refractivity (Wildman–Crippen MR) is 99.3 cm³/mol. The molecule has 26 heavy (non-hydrogen) atoms. The minimum absolute atomic E-state index is 0.0185. The van der Waals surface area contributed by atoms with E-state index in [0.29, 0.717) is 37.3 Å². The van der Waals surface area contributed by atoms with Gasteiger partial charge in [0.05, 0.1) is 12.8 Å². The maximum Gasteiger partial charge on any atom is 0.268 e. The van der Waals surface area contributed by atoms with Crippen molar-refractivity contribution in [3.63, 3.8) is 0 Å². The van der Waals surface area contributed by atoms with E-state index in [0.717, 1.165) is 12.0 Å². The first-order chi connectivity index (χ1) is 12.5. The van der Waals surface area contributed by atoms with E-state index in [1.54, 1.807) is 23.1 Å². The molecule has 2 aromatic carbocycles. The number of methoxy groups -OCH3 is 1. The molecule has 4 rings (SSSR count). The van der Waals surface area contributed by atoms with Gasteiger partial charge in [0.15, 0.2) is 0 Å². The predicted octanol–water partition coefficient (Wildman–Crippen LogP) is 2.57. The van der Waals surface area contributed by atoms with Crippen LogP contribution in [0.25, 0.3) is 0 Å². The third-order valence-electron chi connectivity index (χ3n) is 4.94. The van der Waals surface area contributed by atoms with Crippen LogP contribution in [0.3, 0.4) is 0 Å². The van der Waals surface area contributed by atoms with Crippen LogP contribution >= 0.6 is 0 Å². The largest absolute Gasteiger partial charge is 0.495 e. The van der Waals surface area contributed by atoms with E-state index < -0.39 is 10.0 Å². The van der Waals surface area contributed by atoms with Crippen LogP contribution < -0.4 is 13.9 Å². The van der Waals surface area contributed by atoms with Crippen LogP contribution in [0.15, 0.2) is 47.4 Å². The van der Waals surface area contributed by atoms with Crippen LogP contribution in [0, 0.1) is 0 Å². The maximum absolute atomic E-state index is 13.4. The molecule has 2 aliphatic rings. The Labute approximate surface area is 153 Å². The average Bonchev–Trinajstić information content (AvgIpc) is 3.27. The van der Waals surface area contributed by atoms with Crippen molar-refractivity contribution in [3.8, 4) is 5.75 Å². The highest BCUT2D eigenvalue weighted by Gasteiger charge is 2.34. The first-order valence-electron chi connectivity index (χ1n) is 8.61. The van der Waals surface area contributed by atoms with Gasteiger partial charge in [-0.05, 0) is 42.7 Å². The Balaban J connectivity index is 1.80. The summed E-state index contributed by atoms with van der Waals surface area (Å²) >= 11 is 0. The molecule has 1 fully saturated rings. The van der Waals surface area contributed by atoms with Gasteiger partial charge in [0.1, 0.15) is 10.6 Å². The van der Waals surface area contributed by atoms with Crippen molar-refractivity contribution in [3.05, 3.63) is 48.0 Å². The Morgan fingerprint density at radius 1 is 1.04 bits per heavy atom. The number of hydrogen-bond acceptors (Lipinski definition) is 4. The van der Waals surface area contributed by atoms with Crippen molar-refractivity contribution in [2.45, 2.75) is 24.2 Å². The van der Waals surface area contributed by atoms with Crippen LogP contribution in [0.1, 0.15) is 18.4 Å². The lowest BCUT2D eigenvalue weighted by molar-refractivity contribution is -0.117. The number of ether oxygens (including phenoxy) is 1. The number of rotatable bonds is 4. The maximum atomic E-state index is 13.4. The van der Waals surface area contributed by atoms with Crippen LogP contribution in [0.5, 0.6) is 5.75 Å². The van der Waals surface area contributed by atoms with E-state index in [-0.39, 0.29) is 16.6 Å². The summed E-state index contributed by atoms with van der Waals surface area (Å²) in [5.74, 6) is 0.301. The monoisotopic (exact) mass is 372 g/mol. The number of amides is 1. The Morgan fingerprint density at radius 3 is 2.58 bits per heavy atom. The fraction of sp³-hybridized carbons (Fsp3) is 0.316. The van der Waals surface area contributed by atoms with Crippen molar-refractivity contribution >= 4 is 27.3 Å². The summed E-state index contributed by atoms with van der Waals surface area (Å²) in [5, 5.41) is 0. The van der Waals surface area contributed by atoms with Gasteiger partial charge in [0, 0.05) is 25.2 Å². The number of carbonyl (C=O) groups excluding carboxylic acids is 1. The first-order valence-corrected chi connectivity index (χ1v) is 10.1. The lowest BCUT2D eigenvalue weighted by atomic mass is 10.2. The number of anilines is 2. The summed E-state index contributed by atoms with van der Waals surface area (Å²) in [6.07, 6.45) is 1.96. The van der Waals surface area contributed by atoms with Gasteiger partial charge in [0.2, 0.25) is 5.91 Å². The standard InChI is InChI=1S/C19H20N2O4S/c1-25-17-9-8-15(20-11-4-7-19(20)22)13-18(17)26(23,24)21-12-10-14-5-2-3-6-16(14)21/h2-3,5-6,8-9,13H,4,7,10-12H2,1H3. The van der Waals surface area contributed by atoms with Crippen LogP contribution in [-0.4, -0.2) is 34.5 Å². The van der Waals surface area contributed by atoms with Crippen molar-refractivity contribution in [1.82, 2.24) is 0 Å². The molecule has 2 heterocycles. The highest BCUT2D eigenvalue weighted by Crippen LogP contribution is 2.37. The Kier molecular flexibility index (Phi) is 4.11. The second kappa shape index (κ2) is 6.32. The van der Waals surface area contributed by atoms with Gasteiger partial charge >= 0.3 is 0 Å². The van der Waals surface area contributed by atoms with Crippen LogP contribution in [0.4, 0.5) is 11.4 Å². The summed E-state index contributed by atoms with van der Waals surface area (Å²) in [6, 6.07) is 12.4. The number of carbonyl (C=O) groups is 1. The third kappa shape index (κ3) is 2.63. The van der Waals surface area contributed by atoms with E-state index in [9.17, 15) is 13.2 Å². The van der Waals surface area contributed by atoms with E-state index in [4.69, 9.17) is 4.74 Å². The zero-order valence-electron chi connectivity index (χ0n) is 14.5. The highest BCUT2D eigenvalue weighted by atomic mass is 32.2. The summed E-state index contributed by atoms with van der Waals surface area (Å²) in [7, 11) is -2.34. The molecular formula is C19H20N2O4S. The summed E-state index contributed by atoms with van der Waals surface area (Å²) < 4.78 is 33.5. The molecule has 2 aromatic rings. The Bertz CT molecular complexity index is 971. The van der Waals surface area contributed by atoms with Gasteiger partial charge in [-0.1, -0.05) is 18.2 Å².